The SMILES string of the molecule is CCCCCCCCCCCCCCCCCCCCCCC/C=C/C(O)C(CO)NC(=O)CCCCCCCCCCCOC(=O)CCCCCCCCCCCCCCCCCCCCC. The second kappa shape index (κ2) is 58.2. The van der Waals surface area contributed by atoms with E-state index in [2.05, 4.69) is 19.2 Å². The molecule has 0 radical (unpaired) electrons. The third-order valence-electron chi connectivity index (χ3n) is 14.6. The van der Waals surface area contributed by atoms with Crippen molar-refractivity contribution in [1.29, 1.82) is 0 Å². The van der Waals surface area contributed by atoms with Gasteiger partial charge in [-0.05, 0) is 32.1 Å². The molecule has 0 bridgehead atoms. The number of carbonyl (C=O) groups is 2. The Hall–Kier alpha value is -1.40. The van der Waals surface area contributed by atoms with Gasteiger partial charge in [0, 0.05) is 12.8 Å². The van der Waals surface area contributed by atoms with E-state index in [4.69, 9.17) is 4.74 Å². The molecular formula is C62H121NO5. The summed E-state index contributed by atoms with van der Waals surface area (Å²) in [5.41, 5.74) is 0. The summed E-state index contributed by atoms with van der Waals surface area (Å²) < 4.78 is 5.48. The lowest BCUT2D eigenvalue weighted by atomic mass is 10.0. The number of hydrogen-bond acceptors (Lipinski definition) is 5. The van der Waals surface area contributed by atoms with Crippen LogP contribution in [0.25, 0.3) is 0 Å². The summed E-state index contributed by atoms with van der Waals surface area (Å²) >= 11 is 0. The molecule has 0 aliphatic carbocycles. The zero-order valence-electron chi connectivity index (χ0n) is 46.1. The number of allylic oxidation sites excluding steroid dienone is 1. The monoisotopic (exact) mass is 960 g/mol. The molecule has 2 unspecified atom stereocenters. The number of carbonyl (C=O) groups excluding carboxylic acids is 2. The molecule has 2 atom stereocenters. The average Bonchev–Trinajstić information content (AvgIpc) is 3.34. The molecule has 0 fully saturated rings. The van der Waals surface area contributed by atoms with Gasteiger partial charge in [-0.3, -0.25) is 9.59 Å². The lowest BCUT2D eigenvalue weighted by Gasteiger charge is -2.20. The Morgan fingerprint density at radius 3 is 1.00 bits per heavy atom. The Morgan fingerprint density at radius 1 is 0.397 bits per heavy atom. The zero-order chi connectivity index (χ0) is 49.3. The van der Waals surface area contributed by atoms with Gasteiger partial charge in [-0.1, -0.05) is 315 Å². The van der Waals surface area contributed by atoms with Crippen molar-refractivity contribution >= 4 is 11.9 Å². The lowest BCUT2D eigenvalue weighted by molar-refractivity contribution is -0.143. The molecule has 0 heterocycles. The van der Waals surface area contributed by atoms with E-state index in [-0.39, 0.29) is 18.5 Å². The first-order chi connectivity index (χ1) is 33.5. The number of hydrogen-bond donors (Lipinski definition) is 3. The van der Waals surface area contributed by atoms with Crippen LogP contribution in [0.15, 0.2) is 12.2 Å². The third kappa shape index (κ3) is 53.9. The number of unbranched alkanes of at least 4 members (excludes halogenated alkanes) is 47. The maximum Gasteiger partial charge on any atom is 0.305 e. The van der Waals surface area contributed by atoms with Gasteiger partial charge in [0.05, 0.1) is 25.4 Å². The number of aliphatic hydroxyl groups is 2. The number of ether oxygens (including phenoxy) is 1. The maximum absolute atomic E-state index is 12.5. The number of amides is 1. The Morgan fingerprint density at radius 2 is 0.676 bits per heavy atom. The highest BCUT2D eigenvalue weighted by Gasteiger charge is 2.18. The smallest absolute Gasteiger partial charge is 0.305 e. The van der Waals surface area contributed by atoms with Gasteiger partial charge in [-0.2, -0.15) is 0 Å². The number of aliphatic hydroxyl groups excluding tert-OH is 2. The molecule has 0 aromatic heterocycles. The van der Waals surface area contributed by atoms with Gasteiger partial charge in [-0.25, -0.2) is 0 Å². The fraction of sp³-hybridized carbons (Fsp3) is 0.935. The average molecular weight is 961 g/mol. The maximum atomic E-state index is 12.5. The van der Waals surface area contributed by atoms with E-state index in [1.54, 1.807) is 6.08 Å². The second-order valence-corrected chi connectivity index (χ2v) is 21.4. The molecule has 6 nitrogen and oxygen atoms in total. The predicted molar refractivity (Wildman–Crippen MR) is 297 cm³/mol. The number of esters is 1. The molecule has 404 valence electrons. The van der Waals surface area contributed by atoms with Gasteiger partial charge in [-0.15, -0.1) is 0 Å². The van der Waals surface area contributed by atoms with E-state index < -0.39 is 12.1 Å². The van der Waals surface area contributed by atoms with Crippen molar-refractivity contribution in [3.63, 3.8) is 0 Å². The minimum absolute atomic E-state index is 0.0212. The Balaban J connectivity index is 3.47. The molecule has 0 saturated heterocycles. The van der Waals surface area contributed by atoms with Crippen molar-refractivity contribution < 1.29 is 24.5 Å². The largest absolute Gasteiger partial charge is 0.466 e. The van der Waals surface area contributed by atoms with Gasteiger partial charge in [0.2, 0.25) is 5.91 Å². The first-order valence-electron chi connectivity index (χ1n) is 31.0. The van der Waals surface area contributed by atoms with Crippen LogP contribution in [-0.4, -0.2) is 47.4 Å². The van der Waals surface area contributed by atoms with E-state index in [1.165, 1.54) is 263 Å². The predicted octanol–water partition coefficient (Wildman–Crippen LogP) is 19.2. The van der Waals surface area contributed by atoms with Crippen molar-refractivity contribution in [1.82, 2.24) is 5.32 Å². The van der Waals surface area contributed by atoms with E-state index in [9.17, 15) is 19.8 Å². The molecule has 0 rings (SSSR count). The van der Waals surface area contributed by atoms with Crippen LogP contribution in [0.3, 0.4) is 0 Å². The van der Waals surface area contributed by atoms with Crippen LogP contribution in [0, 0.1) is 0 Å². The summed E-state index contributed by atoms with van der Waals surface area (Å²) in [5.74, 6) is -0.112. The molecule has 3 N–H and O–H groups in total. The van der Waals surface area contributed by atoms with Crippen LogP contribution in [0.1, 0.15) is 348 Å². The summed E-state index contributed by atoms with van der Waals surface area (Å²) in [6.07, 6.45) is 69.6. The minimum Gasteiger partial charge on any atom is -0.466 e. The summed E-state index contributed by atoms with van der Waals surface area (Å²) in [6.45, 7) is 4.88. The molecular weight excluding hydrogens is 839 g/mol. The highest BCUT2D eigenvalue weighted by molar-refractivity contribution is 5.76. The second-order valence-electron chi connectivity index (χ2n) is 21.4. The normalized spacial score (nSPS) is 12.6. The molecule has 0 aromatic rings. The molecule has 0 aromatic carbocycles. The topological polar surface area (TPSA) is 95.9 Å². The first kappa shape index (κ1) is 66.6. The lowest BCUT2D eigenvalue weighted by Crippen LogP contribution is -2.45. The highest BCUT2D eigenvalue weighted by Crippen LogP contribution is 2.18. The van der Waals surface area contributed by atoms with Gasteiger partial charge in [0.1, 0.15) is 0 Å². The molecule has 1 amide bonds. The van der Waals surface area contributed by atoms with Crippen LogP contribution in [0.5, 0.6) is 0 Å². The fourth-order valence-corrected chi connectivity index (χ4v) is 9.81. The Labute approximate surface area is 425 Å². The third-order valence-corrected chi connectivity index (χ3v) is 14.6. The number of nitrogens with one attached hydrogen (secondary N) is 1. The molecule has 0 spiro atoms. The van der Waals surface area contributed by atoms with Crippen molar-refractivity contribution in [2.75, 3.05) is 13.2 Å². The summed E-state index contributed by atoms with van der Waals surface area (Å²) in [7, 11) is 0. The molecule has 6 heteroatoms. The fourth-order valence-electron chi connectivity index (χ4n) is 9.81. The quantitative estimate of drug-likeness (QED) is 0.0321. The van der Waals surface area contributed by atoms with Gasteiger partial charge >= 0.3 is 5.97 Å². The van der Waals surface area contributed by atoms with Crippen LogP contribution in [-0.2, 0) is 14.3 Å². The van der Waals surface area contributed by atoms with E-state index >= 15 is 0 Å². The number of rotatable bonds is 58. The van der Waals surface area contributed by atoms with Crippen molar-refractivity contribution in [3.05, 3.63) is 12.2 Å². The van der Waals surface area contributed by atoms with E-state index in [1.807, 2.05) is 6.08 Å². The van der Waals surface area contributed by atoms with Gasteiger partial charge < -0.3 is 20.3 Å². The summed E-state index contributed by atoms with van der Waals surface area (Å²) in [6, 6.07) is -0.648. The van der Waals surface area contributed by atoms with Gasteiger partial charge in [0.25, 0.3) is 0 Å². The zero-order valence-corrected chi connectivity index (χ0v) is 46.1. The Bertz CT molecular complexity index is 1020. The molecule has 68 heavy (non-hydrogen) atoms. The molecule has 0 aliphatic rings. The molecule has 0 saturated carbocycles. The van der Waals surface area contributed by atoms with Crippen LogP contribution in [0.4, 0.5) is 0 Å². The van der Waals surface area contributed by atoms with Crippen molar-refractivity contribution in [3.8, 4) is 0 Å². The van der Waals surface area contributed by atoms with E-state index in [0.717, 1.165) is 57.8 Å². The van der Waals surface area contributed by atoms with Crippen LogP contribution < -0.4 is 5.32 Å². The Kier molecular flexibility index (Phi) is 57.0. The van der Waals surface area contributed by atoms with E-state index in [0.29, 0.717) is 19.4 Å². The summed E-state index contributed by atoms with van der Waals surface area (Å²) in [5, 5.41) is 23.2. The van der Waals surface area contributed by atoms with Crippen molar-refractivity contribution in [2.24, 2.45) is 0 Å². The standard InChI is InChI=1S/C62H121NO5/c1-3-5-7-9-11-13-15-17-19-21-23-24-25-26-28-29-31-33-35-38-42-46-50-54-60(65)59(58-64)63-61(66)55-51-47-43-39-37-41-45-49-53-57-68-62(67)56-52-48-44-40-36-34-32-30-27-22-20-18-16-14-12-10-8-6-4-2/h50,54,59-60,64-65H,3-49,51-53,55-58H2,1-2H3,(H,63,66)/b54-50+. The minimum atomic E-state index is -0.862. The van der Waals surface area contributed by atoms with Crippen molar-refractivity contribution in [2.45, 2.75) is 360 Å². The van der Waals surface area contributed by atoms with Crippen LogP contribution in [0.2, 0.25) is 0 Å². The first-order valence-corrected chi connectivity index (χ1v) is 31.0. The molecule has 0 aliphatic heterocycles. The highest BCUT2D eigenvalue weighted by atomic mass is 16.5. The van der Waals surface area contributed by atoms with Gasteiger partial charge in [0.15, 0.2) is 0 Å². The van der Waals surface area contributed by atoms with Crippen LogP contribution >= 0.6 is 0 Å². The summed E-state index contributed by atoms with van der Waals surface area (Å²) in [4.78, 5) is 24.6.